The number of nitrogens with two attached hydrogens (primary N) is 1. The predicted octanol–water partition coefficient (Wildman–Crippen LogP) is 1.53. The van der Waals surface area contributed by atoms with Crippen LogP contribution in [0.4, 0.5) is 5.69 Å². The average molecular weight is 176 g/mol. The van der Waals surface area contributed by atoms with Crippen LogP contribution in [-0.4, -0.2) is 19.1 Å². The Kier molecular flexibility index (Phi) is 2.23. The lowest BCUT2D eigenvalue weighted by Gasteiger charge is -2.17. The van der Waals surface area contributed by atoms with Crippen LogP contribution in [0.3, 0.4) is 0 Å². The van der Waals surface area contributed by atoms with Crippen molar-refractivity contribution in [2.24, 2.45) is 5.73 Å². The van der Waals surface area contributed by atoms with Crippen LogP contribution in [0, 0.1) is 6.92 Å². The zero-order valence-corrected chi connectivity index (χ0v) is 8.03. The molecule has 2 heteroatoms. The third kappa shape index (κ3) is 1.83. The van der Waals surface area contributed by atoms with Crippen molar-refractivity contribution in [2.45, 2.75) is 19.4 Å². The number of hydrogen-bond acceptors (Lipinski definition) is 2. The molecule has 1 fully saturated rings. The molecule has 2 rings (SSSR count). The van der Waals surface area contributed by atoms with Crippen LogP contribution in [-0.2, 0) is 0 Å². The van der Waals surface area contributed by atoms with Gasteiger partial charge in [-0.05, 0) is 25.5 Å². The van der Waals surface area contributed by atoms with Crippen LogP contribution in [0.25, 0.3) is 0 Å². The van der Waals surface area contributed by atoms with E-state index >= 15 is 0 Å². The maximum atomic E-state index is 5.85. The molecular weight excluding hydrogens is 160 g/mol. The molecule has 0 aromatic heterocycles. The molecule has 0 unspecified atom stereocenters. The molecule has 1 atom stereocenters. The fourth-order valence-electron chi connectivity index (χ4n) is 1.78. The molecule has 1 aromatic rings. The Hall–Kier alpha value is -1.02. The second kappa shape index (κ2) is 3.38. The molecule has 1 heterocycles. The Morgan fingerprint density at radius 3 is 2.54 bits per heavy atom. The topological polar surface area (TPSA) is 29.3 Å². The molecule has 0 saturated carbocycles. The molecule has 13 heavy (non-hydrogen) atoms. The van der Waals surface area contributed by atoms with Crippen LogP contribution in [0.5, 0.6) is 0 Å². The van der Waals surface area contributed by atoms with Gasteiger partial charge in [-0.1, -0.05) is 17.7 Å². The minimum Gasteiger partial charge on any atom is -0.370 e. The Balaban J connectivity index is 2.13. The molecule has 0 bridgehead atoms. The smallest absolute Gasteiger partial charge is 0.0366 e. The van der Waals surface area contributed by atoms with Gasteiger partial charge in [-0.25, -0.2) is 0 Å². The number of hydrogen-bond donors (Lipinski definition) is 1. The van der Waals surface area contributed by atoms with Crippen molar-refractivity contribution < 1.29 is 0 Å². The molecule has 1 aliphatic rings. The van der Waals surface area contributed by atoms with Crippen LogP contribution in [0.15, 0.2) is 24.3 Å². The van der Waals surface area contributed by atoms with Gasteiger partial charge in [-0.15, -0.1) is 0 Å². The van der Waals surface area contributed by atoms with Crippen LogP contribution in [0.2, 0.25) is 0 Å². The van der Waals surface area contributed by atoms with Gasteiger partial charge in [0, 0.05) is 24.8 Å². The fraction of sp³-hybridized carbons (Fsp3) is 0.455. The van der Waals surface area contributed by atoms with E-state index in [2.05, 4.69) is 36.1 Å². The summed E-state index contributed by atoms with van der Waals surface area (Å²) in [6.07, 6.45) is 1.12. The average Bonchev–Trinajstić information content (AvgIpc) is 2.53. The third-order valence-corrected chi connectivity index (χ3v) is 2.62. The van der Waals surface area contributed by atoms with Crippen LogP contribution in [0.1, 0.15) is 12.0 Å². The van der Waals surface area contributed by atoms with Gasteiger partial charge >= 0.3 is 0 Å². The van der Waals surface area contributed by atoms with E-state index in [4.69, 9.17) is 5.73 Å². The largest absolute Gasteiger partial charge is 0.370 e. The molecule has 1 saturated heterocycles. The van der Waals surface area contributed by atoms with E-state index in [-0.39, 0.29) is 0 Å². The molecule has 0 spiro atoms. The highest BCUT2D eigenvalue weighted by atomic mass is 15.2. The van der Waals surface area contributed by atoms with Gasteiger partial charge in [0.15, 0.2) is 0 Å². The molecule has 1 aromatic carbocycles. The standard InChI is InChI=1S/C11H16N2/c1-9-2-4-11(5-3-9)13-7-6-10(12)8-13/h2-5,10H,6-8,12H2,1H3/t10-/m0/s1. The monoisotopic (exact) mass is 176 g/mol. The van der Waals surface area contributed by atoms with E-state index in [1.165, 1.54) is 11.3 Å². The van der Waals surface area contributed by atoms with Crippen molar-refractivity contribution in [2.75, 3.05) is 18.0 Å². The molecule has 2 N–H and O–H groups in total. The Morgan fingerprint density at radius 1 is 1.31 bits per heavy atom. The summed E-state index contributed by atoms with van der Waals surface area (Å²) in [6, 6.07) is 9.01. The molecule has 0 aliphatic carbocycles. The highest BCUT2D eigenvalue weighted by molar-refractivity contribution is 5.48. The summed E-state index contributed by atoms with van der Waals surface area (Å²) in [6.45, 7) is 4.22. The molecule has 1 aliphatic heterocycles. The summed E-state index contributed by atoms with van der Waals surface area (Å²) in [5, 5.41) is 0. The van der Waals surface area contributed by atoms with Crippen molar-refractivity contribution in [3.63, 3.8) is 0 Å². The molecule has 0 amide bonds. The highest BCUT2D eigenvalue weighted by Crippen LogP contribution is 2.19. The van der Waals surface area contributed by atoms with Gasteiger partial charge in [0.1, 0.15) is 0 Å². The summed E-state index contributed by atoms with van der Waals surface area (Å²) in [7, 11) is 0. The van der Waals surface area contributed by atoms with E-state index in [0.29, 0.717) is 6.04 Å². The quantitative estimate of drug-likeness (QED) is 0.703. The Morgan fingerprint density at radius 2 is 2.00 bits per heavy atom. The van der Waals surface area contributed by atoms with E-state index in [1.54, 1.807) is 0 Å². The molecule has 2 nitrogen and oxygen atoms in total. The lowest BCUT2D eigenvalue weighted by atomic mass is 10.2. The van der Waals surface area contributed by atoms with Crippen molar-refractivity contribution in [1.82, 2.24) is 0 Å². The van der Waals surface area contributed by atoms with Gasteiger partial charge in [-0.3, -0.25) is 0 Å². The lowest BCUT2D eigenvalue weighted by molar-refractivity contribution is 0.752. The Labute approximate surface area is 79.4 Å². The van der Waals surface area contributed by atoms with Gasteiger partial charge in [0.2, 0.25) is 0 Å². The predicted molar refractivity (Wildman–Crippen MR) is 56.0 cm³/mol. The minimum absolute atomic E-state index is 0.362. The third-order valence-electron chi connectivity index (χ3n) is 2.62. The first-order valence-electron chi connectivity index (χ1n) is 4.83. The molecular formula is C11H16N2. The summed E-state index contributed by atoms with van der Waals surface area (Å²) in [4.78, 5) is 2.35. The first-order valence-corrected chi connectivity index (χ1v) is 4.83. The van der Waals surface area contributed by atoms with E-state index < -0.39 is 0 Å². The van der Waals surface area contributed by atoms with Crippen LogP contribution < -0.4 is 10.6 Å². The van der Waals surface area contributed by atoms with Gasteiger partial charge in [0.25, 0.3) is 0 Å². The van der Waals surface area contributed by atoms with Crippen molar-refractivity contribution in [3.8, 4) is 0 Å². The maximum Gasteiger partial charge on any atom is 0.0366 e. The number of benzene rings is 1. The second-order valence-corrected chi connectivity index (χ2v) is 3.83. The number of anilines is 1. The van der Waals surface area contributed by atoms with Gasteiger partial charge < -0.3 is 10.6 Å². The summed E-state index contributed by atoms with van der Waals surface area (Å²) in [5.74, 6) is 0. The van der Waals surface area contributed by atoms with Crippen molar-refractivity contribution in [3.05, 3.63) is 29.8 Å². The molecule has 0 radical (unpaired) electrons. The summed E-state index contributed by atoms with van der Waals surface area (Å²) < 4.78 is 0. The number of aryl methyl sites for hydroxylation is 1. The van der Waals surface area contributed by atoms with Gasteiger partial charge in [0.05, 0.1) is 0 Å². The van der Waals surface area contributed by atoms with Crippen molar-refractivity contribution >= 4 is 5.69 Å². The van der Waals surface area contributed by atoms with E-state index in [1.807, 2.05) is 0 Å². The van der Waals surface area contributed by atoms with Crippen molar-refractivity contribution in [1.29, 1.82) is 0 Å². The normalized spacial score (nSPS) is 22.3. The minimum atomic E-state index is 0.362. The maximum absolute atomic E-state index is 5.85. The van der Waals surface area contributed by atoms with E-state index in [0.717, 1.165) is 19.5 Å². The van der Waals surface area contributed by atoms with Crippen LogP contribution >= 0.6 is 0 Å². The number of rotatable bonds is 1. The first kappa shape index (κ1) is 8.57. The lowest BCUT2D eigenvalue weighted by Crippen LogP contribution is -2.26. The fourth-order valence-corrected chi connectivity index (χ4v) is 1.78. The highest BCUT2D eigenvalue weighted by Gasteiger charge is 2.18. The first-order chi connectivity index (χ1) is 6.25. The van der Waals surface area contributed by atoms with E-state index in [9.17, 15) is 0 Å². The zero-order chi connectivity index (χ0) is 9.26. The summed E-state index contributed by atoms with van der Waals surface area (Å²) >= 11 is 0. The number of nitrogens with zero attached hydrogens (tertiary/aromatic N) is 1. The second-order valence-electron chi connectivity index (χ2n) is 3.83. The SMILES string of the molecule is Cc1ccc(N2CC[C@H](N)C2)cc1. The summed E-state index contributed by atoms with van der Waals surface area (Å²) in [5.41, 5.74) is 8.47. The van der Waals surface area contributed by atoms with Gasteiger partial charge in [-0.2, -0.15) is 0 Å². The zero-order valence-electron chi connectivity index (χ0n) is 8.03. The Bertz CT molecular complexity index is 279. The molecule has 70 valence electrons.